The van der Waals surface area contributed by atoms with E-state index >= 15 is 0 Å². The third-order valence-electron chi connectivity index (χ3n) is 5.26. The minimum absolute atomic E-state index is 0.0688. The van der Waals surface area contributed by atoms with Gasteiger partial charge >= 0.3 is 6.18 Å². The molecule has 184 valence electrons. The molecule has 0 radical (unpaired) electrons. The van der Waals surface area contributed by atoms with Crippen LogP contribution in [-0.2, 0) is 14.6 Å². The van der Waals surface area contributed by atoms with Crippen molar-refractivity contribution in [2.75, 3.05) is 12.8 Å². The number of carbonyl (C=O) groups is 1. The summed E-state index contributed by atoms with van der Waals surface area (Å²) in [4.78, 5) is 16.8. The third-order valence-corrected chi connectivity index (χ3v) is 6.39. The summed E-state index contributed by atoms with van der Waals surface area (Å²) in [6.45, 7) is 4.45. The van der Waals surface area contributed by atoms with Crippen LogP contribution in [0.5, 0.6) is 0 Å². The first-order valence-corrected chi connectivity index (χ1v) is 12.3. The number of benzene rings is 1. The van der Waals surface area contributed by atoms with Crippen LogP contribution in [0.4, 0.5) is 13.2 Å². The molecule has 2 aromatic rings. The Morgan fingerprint density at radius 3 is 2.21 bits per heavy atom. The Labute approximate surface area is 197 Å². The molecular formula is C23H27F3N4O3S. The van der Waals surface area contributed by atoms with Crippen molar-refractivity contribution in [1.82, 2.24) is 9.88 Å². The van der Waals surface area contributed by atoms with Gasteiger partial charge in [0.05, 0.1) is 18.7 Å². The molecule has 2 rings (SSSR count). The summed E-state index contributed by atoms with van der Waals surface area (Å²) >= 11 is 0. The zero-order valence-corrected chi connectivity index (χ0v) is 20.1. The number of hydrogen-bond acceptors (Lipinski definition) is 6. The van der Waals surface area contributed by atoms with E-state index in [-0.39, 0.29) is 22.9 Å². The summed E-state index contributed by atoms with van der Waals surface area (Å²) in [5.74, 6) is -1.05. The van der Waals surface area contributed by atoms with E-state index in [1.807, 2.05) is 0 Å². The number of hydrogen-bond donors (Lipinski definition) is 1. The third kappa shape index (κ3) is 6.55. The fourth-order valence-electron chi connectivity index (χ4n) is 3.86. The first-order chi connectivity index (χ1) is 15.7. The topological polar surface area (TPSA) is 117 Å². The predicted octanol–water partition coefficient (Wildman–Crippen LogP) is 3.79. The van der Waals surface area contributed by atoms with Crippen LogP contribution in [0.25, 0.3) is 11.1 Å². The van der Waals surface area contributed by atoms with E-state index in [1.54, 1.807) is 32.9 Å². The molecule has 0 aliphatic heterocycles. The number of rotatable bonds is 9. The maximum absolute atomic E-state index is 14.2. The number of pyridine rings is 1. The first-order valence-electron chi connectivity index (χ1n) is 10.4. The molecule has 0 aliphatic carbocycles. The van der Waals surface area contributed by atoms with E-state index in [0.717, 1.165) is 11.2 Å². The number of nitrogens with zero attached hydrogens (tertiary/aromatic N) is 3. The highest BCUT2D eigenvalue weighted by atomic mass is 32.2. The summed E-state index contributed by atoms with van der Waals surface area (Å²) < 4.78 is 66.2. The highest BCUT2D eigenvalue weighted by molar-refractivity contribution is 7.90. The van der Waals surface area contributed by atoms with Gasteiger partial charge in [0.1, 0.15) is 6.04 Å². The van der Waals surface area contributed by atoms with Crippen molar-refractivity contribution in [3.63, 3.8) is 0 Å². The Bertz CT molecular complexity index is 1170. The van der Waals surface area contributed by atoms with Gasteiger partial charge in [-0.25, -0.2) is 13.4 Å². The lowest BCUT2D eigenvalue weighted by Crippen LogP contribution is -2.51. The summed E-state index contributed by atoms with van der Waals surface area (Å²) in [7, 11) is -3.51. The fraction of sp³-hybridized carbons (Fsp3) is 0.435. The van der Waals surface area contributed by atoms with Gasteiger partial charge in [-0.15, -0.1) is 0 Å². The molecule has 11 heteroatoms. The van der Waals surface area contributed by atoms with Crippen molar-refractivity contribution in [3.8, 4) is 17.2 Å². The molecule has 2 atom stereocenters. The average Bonchev–Trinajstić information content (AvgIpc) is 2.70. The van der Waals surface area contributed by atoms with Crippen LogP contribution in [-0.4, -0.2) is 49.2 Å². The summed E-state index contributed by atoms with van der Waals surface area (Å²) in [6, 6.07) is 5.27. The predicted molar refractivity (Wildman–Crippen MR) is 121 cm³/mol. The number of halogens is 3. The number of sulfone groups is 1. The Balaban J connectivity index is 2.52. The maximum Gasteiger partial charge on any atom is 0.408 e. The Hall–Kier alpha value is -2.97. The zero-order chi connectivity index (χ0) is 25.8. The van der Waals surface area contributed by atoms with Crippen LogP contribution < -0.4 is 5.73 Å². The number of alkyl halides is 3. The van der Waals surface area contributed by atoms with E-state index in [2.05, 4.69) is 4.98 Å². The normalized spacial score (nSPS) is 14.1. The van der Waals surface area contributed by atoms with Gasteiger partial charge in [-0.3, -0.25) is 9.69 Å². The molecule has 0 unspecified atom stereocenters. The summed E-state index contributed by atoms with van der Waals surface area (Å²) in [5.41, 5.74) is 6.74. The van der Waals surface area contributed by atoms with Gasteiger partial charge in [0.15, 0.2) is 14.9 Å². The minimum atomic E-state index is -4.78. The van der Waals surface area contributed by atoms with Crippen molar-refractivity contribution in [3.05, 3.63) is 47.7 Å². The maximum atomic E-state index is 14.2. The molecule has 0 fully saturated rings. The quantitative estimate of drug-likeness (QED) is 0.528. The Morgan fingerprint density at radius 2 is 1.79 bits per heavy atom. The molecule has 0 aliphatic rings. The molecule has 1 aromatic heterocycles. The lowest BCUT2D eigenvalue weighted by Gasteiger charge is -2.37. The van der Waals surface area contributed by atoms with E-state index < -0.39 is 40.5 Å². The van der Waals surface area contributed by atoms with Crippen molar-refractivity contribution in [1.29, 1.82) is 5.26 Å². The molecule has 0 spiro atoms. The van der Waals surface area contributed by atoms with E-state index in [1.165, 1.54) is 30.5 Å². The molecule has 2 N–H and O–H groups in total. The number of amides is 1. The minimum Gasteiger partial charge on any atom is -0.368 e. The van der Waals surface area contributed by atoms with Gasteiger partial charge in [-0.05, 0) is 42.0 Å². The lowest BCUT2D eigenvalue weighted by atomic mass is 9.95. The highest BCUT2D eigenvalue weighted by Crippen LogP contribution is 2.40. The second kappa shape index (κ2) is 10.5. The molecule has 34 heavy (non-hydrogen) atoms. The second-order valence-electron chi connectivity index (χ2n) is 8.56. The molecular weight excluding hydrogens is 469 g/mol. The number of aryl methyl sites for hydroxylation is 1. The lowest BCUT2D eigenvalue weighted by molar-refractivity contribution is -0.192. The van der Waals surface area contributed by atoms with E-state index in [0.29, 0.717) is 16.7 Å². The van der Waals surface area contributed by atoms with Crippen LogP contribution in [0.1, 0.15) is 37.4 Å². The van der Waals surface area contributed by atoms with E-state index in [4.69, 9.17) is 5.73 Å². The van der Waals surface area contributed by atoms with Crippen LogP contribution in [0.2, 0.25) is 0 Å². The largest absolute Gasteiger partial charge is 0.408 e. The van der Waals surface area contributed by atoms with Gasteiger partial charge in [-0.2, -0.15) is 18.4 Å². The molecule has 1 amide bonds. The van der Waals surface area contributed by atoms with Crippen LogP contribution in [0, 0.1) is 24.2 Å². The number of nitriles is 1. The van der Waals surface area contributed by atoms with Gasteiger partial charge < -0.3 is 5.73 Å². The van der Waals surface area contributed by atoms with Gasteiger partial charge in [0.2, 0.25) is 5.91 Å². The monoisotopic (exact) mass is 496 g/mol. The summed E-state index contributed by atoms with van der Waals surface area (Å²) in [5, 5.41) is 9.13. The molecule has 1 heterocycles. The van der Waals surface area contributed by atoms with Crippen molar-refractivity contribution in [2.24, 2.45) is 11.7 Å². The SMILES string of the molecule is Cc1cc(-c2ccc([C@H](N(CC#N)[C@@H](CC(C)C)C(N)=O)C(F)(F)F)cc2)cnc1S(C)(=O)=O. The first kappa shape index (κ1) is 27.3. The number of primary amides is 1. The molecule has 0 saturated heterocycles. The molecule has 7 nitrogen and oxygen atoms in total. The molecule has 0 bridgehead atoms. The van der Waals surface area contributed by atoms with Crippen molar-refractivity contribution in [2.45, 2.75) is 50.5 Å². The van der Waals surface area contributed by atoms with Gasteiger partial charge in [0.25, 0.3) is 0 Å². The Kier molecular flexibility index (Phi) is 8.45. The number of nitrogens with two attached hydrogens (primary N) is 1. The molecule has 1 aromatic carbocycles. The van der Waals surface area contributed by atoms with Gasteiger partial charge in [0, 0.05) is 18.0 Å². The standard InChI is InChI=1S/C23H27F3N4O3S/c1-14(2)11-19(21(28)31)30(10-9-27)20(23(24,25)26)17-7-5-16(6-8-17)18-12-15(3)22(29-13-18)34(4,32)33/h5-8,12-14,19-20H,10-11H2,1-4H3,(H2,28,31)/t19-,20-/m0/s1. The fourth-order valence-corrected chi connectivity index (χ4v) is 4.75. The van der Waals surface area contributed by atoms with Crippen LogP contribution >= 0.6 is 0 Å². The number of aromatic nitrogens is 1. The van der Waals surface area contributed by atoms with Gasteiger partial charge in [-0.1, -0.05) is 38.1 Å². The van der Waals surface area contributed by atoms with Crippen LogP contribution in [0.3, 0.4) is 0 Å². The van der Waals surface area contributed by atoms with Crippen molar-refractivity contribution >= 4 is 15.7 Å². The number of carbonyl (C=O) groups excluding carboxylic acids is 1. The van der Waals surface area contributed by atoms with Crippen molar-refractivity contribution < 1.29 is 26.4 Å². The average molecular weight is 497 g/mol. The smallest absolute Gasteiger partial charge is 0.368 e. The Morgan fingerprint density at radius 1 is 1.21 bits per heavy atom. The highest BCUT2D eigenvalue weighted by Gasteiger charge is 2.47. The van der Waals surface area contributed by atoms with Crippen LogP contribution in [0.15, 0.2) is 41.6 Å². The van der Waals surface area contributed by atoms with E-state index in [9.17, 15) is 31.6 Å². The summed E-state index contributed by atoms with van der Waals surface area (Å²) in [6.07, 6.45) is -2.33. The zero-order valence-electron chi connectivity index (χ0n) is 19.3. The second-order valence-corrected chi connectivity index (χ2v) is 10.5. The molecule has 0 saturated carbocycles.